The molecule has 0 spiro atoms. The topological polar surface area (TPSA) is 35.5 Å². The van der Waals surface area contributed by atoms with Gasteiger partial charge in [-0.15, -0.1) is 0 Å². The standard InChI is InChI=1S/C15H28N2O/c1-16-13-15(18)8-11-17(12-9-15)10-7-14-5-3-2-4-6-14/h5,16,18H,2-4,6-13H2,1H3. The van der Waals surface area contributed by atoms with Gasteiger partial charge >= 0.3 is 0 Å². The lowest BCUT2D eigenvalue weighted by Gasteiger charge is -2.38. The van der Waals surface area contributed by atoms with Crippen LogP contribution in [0.5, 0.6) is 0 Å². The first kappa shape index (κ1) is 14.0. The van der Waals surface area contributed by atoms with Crippen molar-refractivity contribution in [2.45, 2.75) is 50.5 Å². The Hall–Kier alpha value is -0.380. The SMILES string of the molecule is CNCC1(O)CCN(CCC2=CCCCC2)CC1. The quantitative estimate of drug-likeness (QED) is 0.734. The van der Waals surface area contributed by atoms with Crippen LogP contribution in [0, 0.1) is 0 Å². The van der Waals surface area contributed by atoms with Crippen LogP contribution < -0.4 is 5.32 Å². The molecule has 2 aliphatic rings. The monoisotopic (exact) mass is 252 g/mol. The van der Waals surface area contributed by atoms with Crippen LogP contribution in [0.15, 0.2) is 11.6 Å². The minimum Gasteiger partial charge on any atom is -0.388 e. The van der Waals surface area contributed by atoms with Gasteiger partial charge in [-0.25, -0.2) is 0 Å². The largest absolute Gasteiger partial charge is 0.388 e. The molecule has 1 aliphatic heterocycles. The van der Waals surface area contributed by atoms with E-state index in [0.717, 1.165) is 32.5 Å². The average molecular weight is 252 g/mol. The van der Waals surface area contributed by atoms with Crippen LogP contribution in [0.4, 0.5) is 0 Å². The molecule has 0 radical (unpaired) electrons. The average Bonchev–Trinajstić information content (AvgIpc) is 2.40. The Labute approximate surface area is 111 Å². The van der Waals surface area contributed by atoms with Crippen LogP contribution in [-0.2, 0) is 0 Å². The highest BCUT2D eigenvalue weighted by Crippen LogP contribution is 2.24. The lowest BCUT2D eigenvalue weighted by molar-refractivity contribution is -0.0182. The first-order chi connectivity index (χ1) is 8.72. The van der Waals surface area contributed by atoms with Crippen LogP contribution >= 0.6 is 0 Å². The molecule has 0 aromatic rings. The van der Waals surface area contributed by atoms with E-state index in [1.165, 1.54) is 38.6 Å². The van der Waals surface area contributed by atoms with Gasteiger partial charge in [0.25, 0.3) is 0 Å². The molecule has 2 rings (SSSR count). The highest BCUT2D eigenvalue weighted by molar-refractivity contribution is 5.05. The van der Waals surface area contributed by atoms with E-state index >= 15 is 0 Å². The second kappa shape index (κ2) is 6.69. The summed E-state index contributed by atoms with van der Waals surface area (Å²) in [6, 6.07) is 0. The number of allylic oxidation sites excluding steroid dienone is 1. The van der Waals surface area contributed by atoms with E-state index in [1.807, 2.05) is 7.05 Å². The molecule has 104 valence electrons. The molecule has 0 atom stereocenters. The van der Waals surface area contributed by atoms with Crippen LogP contribution in [0.3, 0.4) is 0 Å². The van der Waals surface area contributed by atoms with Gasteiger partial charge in [-0.3, -0.25) is 0 Å². The van der Waals surface area contributed by atoms with Gasteiger partial charge in [0.05, 0.1) is 5.60 Å². The van der Waals surface area contributed by atoms with E-state index in [4.69, 9.17) is 0 Å². The summed E-state index contributed by atoms with van der Waals surface area (Å²) in [6.45, 7) is 4.00. The molecule has 0 saturated carbocycles. The second-order valence-electron chi connectivity index (χ2n) is 5.95. The maximum Gasteiger partial charge on any atom is 0.0795 e. The molecule has 0 unspecified atom stereocenters. The number of hydrogen-bond acceptors (Lipinski definition) is 3. The fourth-order valence-electron chi connectivity index (χ4n) is 3.13. The molecule has 3 heteroatoms. The Balaban J connectivity index is 1.68. The molecule has 1 fully saturated rings. The number of rotatable bonds is 5. The number of piperidine rings is 1. The molecule has 1 saturated heterocycles. The molecule has 2 N–H and O–H groups in total. The van der Waals surface area contributed by atoms with Crippen molar-refractivity contribution in [3.63, 3.8) is 0 Å². The number of hydrogen-bond donors (Lipinski definition) is 2. The fraction of sp³-hybridized carbons (Fsp3) is 0.867. The van der Waals surface area contributed by atoms with Gasteiger partial charge in [0.2, 0.25) is 0 Å². The van der Waals surface area contributed by atoms with Crippen molar-refractivity contribution in [1.29, 1.82) is 0 Å². The Bertz CT molecular complexity index is 280. The Morgan fingerprint density at radius 3 is 2.72 bits per heavy atom. The number of nitrogens with zero attached hydrogens (tertiary/aromatic N) is 1. The zero-order valence-electron chi connectivity index (χ0n) is 11.7. The zero-order valence-corrected chi connectivity index (χ0v) is 11.7. The predicted molar refractivity (Wildman–Crippen MR) is 75.7 cm³/mol. The van der Waals surface area contributed by atoms with Gasteiger partial charge in [-0.05, 0) is 52.0 Å². The van der Waals surface area contributed by atoms with Crippen molar-refractivity contribution < 1.29 is 5.11 Å². The maximum atomic E-state index is 10.3. The minimum atomic E-state index is -0.463. The third-order valence-electron chi connectivity index (χ3n) is 4.43. The predicted octanol–water partition coefficient (Wildman–Crippen LogP) is 1.92. The van der Waals surface area contributed by atoms with E-state index in [-0.39, 0.29) is 0 Å². The van der Waals surface area contributed by atoms with Crippen molar-refractivity contribution >= 4 is 0 Å². The molecule has 0 bridgehead atoms. The van der Waals surface area contributed by atoms with Crippen molar-refractivity contribution in [1.82, 2.24) is 10.2 Å². The lowest BCUT2D eigenvalue weighted by Crippen LogP contribution is -2.49. The number of likely N-dealkylation sites (N-methyl/N-ethyl adjacent to an activating group) is 1. The Morgan fingerprint density at radius 1 is 1.33 bits per heavy atom. The van der Waals surface area contributed by atoms with Gasteiger partial charge in [0.1, 0.15) is 0 Å². The first-order valence-corrected chi connectivity index (χ1v) is 7.49. The summed E-state index contributed by atoms with van der Waals surface area (Å²) < 4.78 is 0. The van der Waals surface area contributed by atoms with E-state index in [1.54, 1.807) is 5.57 Å². The fourth-order valence-corrected chi connectivity index (χ4v) is 3.13. The third-order valence-corrected chi connectivity index (χ3v) is 4.43. The molecular weight excluding hydrogens is 224 g/mol. The molecule has 18 heavy (non-hydrogen) atoms. The van der Waals surface area contributed by atoms with Crippen molar-refractivity contribution in [2.75, 3.05) is 33.2 Å². The highest BCUT2D eigenvalue weighted by Gasteiger charge is 2.31. The number of likely N-dealkylation sites (tertiary alicyclic amines) is 1. The van der Waals surface area contributed by atoms with Crippen LogP contribution in [-0.4, -0.2) is 48.8 Å². The first-order valence-electron chi connectivity index (χ1n) is 7.49. The van der Waals surface area contributed by atoms with Gasteiger partial charge in [-0.1, -0.05) is 11.6 Å². The molecule has 3 nitrogen and oxygen atoms in total. The van der Waals surface area contributed by atoms with Crippen molar-refractivity contribution in [2.24, 2.45) is 0 Å². The molecule has 0 amide bonds. The van der Waals surface area contributed by atoms with Gasteiger partial charge in [0, 0.05) is 26.2 Å². The van der Waals surface area contributed by atoms with E-state index in [2.05, 4.69) is 16.3 Å². The zero-order chi connectivity index (χ0) is 12.8. The molecule has 0 aromatic heterocycles. The Morgan fingerprint density at radius 2 is 2.11 bits per heavy atom. The maximum absolute atomic E-state index is 10.3. The number of nitrogens with one attached hydrogen (secondary N) is 1. The lowest BCUT2D eigenvalue weighted by atomic mass is 9.91. The molecule has 0 aromatic carbocycles. The summed E-state index contributed by atoms with van der Waals surface area (Å²) in [5.74, 6) is 0. The summed E-state index contributed by atoms with van der Waals surface area (Å²) in [4.78, 5) is 2.51. The normalized spacial score (nSPS) is 24.9. The highest BCUT2D eigenvalue weighted by atomic mass is 16.3. The van der Waals surface area contributed by atoms with Crippen LogP contribution in [0.1, 0.15) is 44.9 Å². The van der Waals surface area contributed by atoms with E-state index in [9.17, 15) is 5.11 Å². The second-order valence-corrected chi connectivity index (χ2v) is 5.95. The van der Waals surface area contributed by atoms with Crippen molar-refractivity contribution in [3.05, 3.63) is 11.6 Å². The van der Waals surface area contributed by atoms with Crippen LogP contribution in [0.25, 0.3) is 0 Å². The molecule has 1 heterocycles. The summed E-state index contributed by atoms with van der Waals surface area (Å²) >= 11 is 0. The molecular formula is C15H28N2O. The van der Waals surface area contributed by atoms with Crippen molar-refractivity contribution in [3.8, 4) is 0 Å². The van der Waals surface area contributed by atoms with Gasteiger partial charge < -0.3 is 15.3 Å². The third kappa shape index (κ3) is 4.08. The van der Waals surface area contributed by atoms with Gasteiger partial charge in [0.15, 0.2) is 0 Å². The number of aliphatic hydroxyl groups is 1. The Kier molecular flexibility index (Phi) is 5.22. The smallest absolute Gasteiger partial charge is 0.0795 e. The van der Waals surface area contributed by atoms with E-state index in [0.29, 0.717) is 0 Å². The summed E-state index contributed by atoms with van der Waals surface area (Å²) in [6.07, 6.45) is 10.9. The van der Waals surface area contributed by atoms with Gasteiger partial charge in [-0.2, -0.15) is 0 Å². The van der Waals surface area contributed by atoms with Crippen LogP contribution in [0.2, 0.25) is 0 Å². The van der Waals surface area contributed by atoms with E-state index < -0.39 is 5.60 Å². The summed E-state index contributed by atoms with van der Waals surface area (Å²) in [5, 5.41) is 13.4. The molecule has 1 aliphatic carbocycles. The summed E-state index contributed by atoms with van der Waals surface area (Å²) in [5.41, 5.74) is 1.20. The summed E-state index contributed by atoms with van der Waals surface area (Å²) in [7, 11) is 1.92. The minimum absolute atomic E-state index is 0.463.